The van der Waals surface area contributed by atoms with Crippen molar-refractivity contribution in [2.24, 2.45) is 7.05 Å². The number of nitrogens with zero attached hydrogens (tertiary/aromatic N) is 5. The smallest absolute Gasteiger partial charge is 0.262 e. The number of fused-ring (bicyclic) bond motifs is 3. The van der Waals surface area contributed by atoms with Gasteiger partial charge in [-0.25, -0.2) is 4.98 Å². The van der Waals surface area contributed by atoms with Crippen molar-refractivity contribution in [1.29, 1.82) is 0 Å². The molecule has 0 saturated heterocycles. The molecule has 3 aromatic heterocycles. The quantitative estimate of drug-likeness (QED) is 0.423. The molecule has 0 spiro atoms. The van der Waals surface area contributed by atoms with Crippen LogP contribution in [0.3, 0.4) is 0 Å². The summed E-state index contributed by atoms with van der Waals surface area (Å²) in [4.78, 5) is 17.3. The minimum Gasteiger partial charge on any atom is -0.279 e. The topological polar surface area (TPSA) is 65.1 Å². The molecule has 2 aromatic carbocycles. The van der Waals surface area contributed by atoms with Gasteiger partial charge >= 0.3 is 0 Å². The summed E-state index contributed by atoms with van der Waals surface area (Å²) >= 11 is 3.24. The molecule has 6 nitrogen and oxygen atoms in total. The van der Waals surface area contributed by atoms with E-state index in [0.717, 1.165) is 26.9 Å². The monoisotopic (exact) mass is 405 g/mol. The van der Waals surface area contributed by atoms with Gasteiger partial charge in [0.25, 0.3) is 5.56 Å². The molecule has 0 aliphatic rings. The lowest BCUT2D eigenvalue weighted by atomic mass is 10.2. The van der Waals surface area contributed by atoms with Gasteiger partial charge in [-0.15, -0.1) is 21.5 Å². The fraction of sp³-hybridized carbons (Fsp3) is 0.100. The Kier molecular flexibility index (Phi) is 4.22. The van der Waals surface area contributed by atoms with E-state index < -0.39 is 0 Å². The van der Waals surface area contributed by atoms with Crippen LogP contribution in [0.1, 0.15) is 5.82 Å². The number of aromatic nitrogens is 5. The van der Waals surface area contributed by atoms with E-state index in [4.69, 9.17) is 4.98 Å². The standard InChI is InChI=1S/C20H15N5OS2/c1-24-18(26)14-9-5-6-10-16(14)25-17(22-23-19(24)25)12-28-20-21-15(11-27-20)13-7-3-2-4-8-13/h2-11H,12H2,1H3. The summed E-state index contributed by atoms with van der Waals surface area (Å²) in [6.07, 6.45) is 0. The van der Waals surface area contributed by atoms with Crippen LogP contribution in [0, 0.1) is 0 Å². The van der Waals surface area contributed by atoms with Crippen molar-refractivity contribution in [2.75, 3.05) is 0 Å². The number of benzene rings is 2. The van der Waals surface area contributed by atoms with Crippen molar-refractivity contribution in [2.45, 2.75) is 10.1 Å². The lowest BCUT2D eigenvalue weighted by molar-refractivity contribution is 0.858. The second-order valence-electron chi connectivity index (χ2n) is 6.29. The average Bonchev–Trinajstić information content (AvgIpc) is 3.38. The van der Waals surface area contributed by atoms with Gasteiger partial charge in [0.15, 0.2) is 4.34 Å². The van der Waals surface area contributed by atoms with Crippen LogP contribution in [0.25, 0.3) is 27.9 Å². The molecule has 0 unspecified atom stereocenters. The molecular weight excluding hydrogens is 390 g/mol. The van der Waals surface area contributed by atoms with Gasteiger partial charge in [0.05, 0.1) is 22.3 Å². The van der Waals surface area contributed by atoms with Crippen LogP contribution in [0.2, 0.25) is 0 Å². The molecular formula is C20H15N5OS2. The normalized spacial score (nSPS) is 11.5. The Morgan fingerprint density at radius 1 is 1.04 bits per heavy atom. The van der Waals surface area contributed by atoms with E-state index in [1.807, 2.05) is 46.9 Å². The lowest BCUT2D eigenvalue weighted by Gasteiger charge is -2.07. The molecule has 0 aliphatic carbocycles. The highest BCUT2D eigenvalue weighted by Crippen LogP contribution is 2.30. The Balaban J connectivity index is 1.50. The van der Waals surface area contributed by atoms with Gasteiger partial charge < -0.3 is 0 Å². The van der Waals surface area contributed by atoms with Crippen LogP contribution < -0.4 is 5.56 Å². The third kappa shape index (κ3) is 2.81. The maximum atomic E-state index is 12.5. The highest BCUT2D eigenvalue weighted by atomic mass is 32.2. The van der Waals surface area contributed by atoms with E-state index in [-0.39, 0.29) is 5.56 Å². The van der Waals surface area contributed by atoms with Gasteiger partial charge in [-0.05, 0) is 12.1 Å². The molecule has 0 bridgehead atoms. The SMILES string of the molecule is Cn1c(=O)c2ccccc2n2c(CSc3nc(-c4ccccc4)cs3)nnc12. The van der Waals surface area contributed by atoms with Crippen molar-refractivity contribution in [3.8, 4) is 11.3 Å². The number of thioether (sulfide) groups is 1. The predicted molar refractivity (Wildman–Crippen MR) is 113 cm³/mol. The highest BCUT2D eigenvalue weighted by molar-refractivity contribution is 8.00. The number of hydrogen-bond acceptors (Lipinski definition) is 6. The number of para-hydroxylation sites is 1. The maximum Gasteiger partial charge on any atom is 0.262 e. The van der Waals surface area contributed by atoms with Gasteiger partial charge in [-0.1, -0.05) is 54.2 Å². The molecule has 8 heteroatoms. The zero-order valence-electron chi connectivity index (χ0n) is 14.9. The average molecular weight is 406 g/mol. The molecule has 0 aliphatic heterocycles. The Morgan fingerprint density at radius 3 is 2.68 bits per heavy atom. The second-order valence-corrected chi connectivity index (χ2v) is 8.37. The number of rotatable bonds is 4. The maximum absolute atomic E-state index is 12.5. The van der Waals surface area contributed by atoms with Crippen molar-refractivity contribution in [3.05, 3.63) is 76.2 Å². The number of hydrogen-bond donors (Lipinski definition) is 0. The molecule has 28 heavy (non-hydrogen) atoms. The van der Waals surface area contributed by atoms with Crippen LogP contribution in [0.5, 0.6) is 0 Å². The predicted octanol–water partition coefficient (Wildman–Crippen LogP) is 4.00. The molecule has 5 rings (SSSR count). The molecule has 0 amide bonds. The van der Waals surface area contributed by atoms with Crippen molar-refractivity contribution in [3.63, 3.8) is 0 Å². The third-order valence-electron chi connectivity index (χ3n) is 4.57. The Labute approximate surface area is 168 Å². The Morgan fingerprint density at radius 2 is 1.82 bits per heavy atom. The van der Waals surface area contributed by atoms with Crippen LogP contribution in [-0.4, -0.2) is 24.1 Å². The first kappa shape index (κ1) is 17.2. The minimum atomic E-state index is -0.0675. The van der Waals surface area contributed by atoms with Crippen LogP contribution >= 0.6 is 23.1 Å². The number of thiazole rings is 1. The molecule has 0 N–H and O–H groups in total. The summed E-state index contributed by atoms with van der Waals surface area (Å²) in [6, 6.07) is 17.7. The molecule has 0 atom stereocenters. The molecule has 5 aromatic rings. The molecule has 138 valence electrons. The van der Waals surface area contributed by atoms with E-state index in [9.17, 15) is 4.79 Å². The summed E-state index contributed by atoms with van der Waals surface area (Å²) in [5, 5.41) is 11.3. The molecule has 0 saturated carbocycles. The third-order valence-corrected chi connectivity index (χ3v) is 6.59. The van der Waals surface area contributed by atoms with Gasteiger partial charge in [-0.2, -0.15) is 0 Å². The fourth-order valence-electron chi connectivity index (χ4n) is 3.18. The van der Waals surface area contributed by atoms with E-state index in [1.165, 1.54) is 0 Å². The summed E-state index contributed by atoms with van der Waals surface area (Å²) in [5.74, 6) is 1.96. The van der Waals surface area contributed by atoms with E-state index in [0.29, 0.717) is 16.9 Å². The van der Waals surface area contributed by atoms with Gasteiger partial charge in [-0.3, -0.25) is 13.8 Å². The first-order chi connectivity index (χ1) is 13.7. The first-order valence-electron chi connectivity index (χ1n) is 8.68. The molecule has 0 fully saturated rings. The van der Waals surface area contributed by atoms with E-state index in [1.54, 1.807) is 34.7 Å². The van der Waals surface area contributed by atoms with Gasteiger partial charge in [0.1, 0.15) is 5.82 Å². The summed E-state index contributed by atoms with van der Waals surface area (Å²) < 4.78 is 4.47. The van der Waals surface area contributed by atoms with Crippen molar-refractivity contribution >= 4 is 39.8 Å². The minimum absolute atomic E-state index is 0.0675. The van der Waals surface area contributed by atoms with Crippen LogP contribution in [0.15, 0.2) is 69.1 Å². The van der Waals surface area contributed by atoms with Crippen molar-refractivity contribution in [1.82, 2.24) is 24.1 Å². The molecule has 3 heterocycles. The van der Waals surface area contributed by atoms with E-state index in [2.05, 4.69) is 27.7 Å². The Bertz CT molecular complexity index is 1350. The van der Waals surface area contributed by atoms with Crippen molar-refractivity contribution < 1.29 is 0 Å². The van der Waals surface area contributed by atoms with Crippen LogP contribution in [0.4, 0.5) is 0 Å². The largest absolute Gasteiger partial charge is 0.279 e. The fourth-order valence-corrected chi connectivity index (χ4v) is 4.92. The molecule has 0 radical (unpaired) electrons. The van der Waals surface area contributed by atoms with Gasteiger partial charge in [0.2, 0.25) is 5.78 Å². The summed E-state index contributed by atoms with van der Waals surface area (Å²) in [5.41, 5.74) is 2.85. The van der Waals surface area contributed by atoms with Crippen LogP contribution in [-0.2, 0) is 12.8 Å². The zero-order chi connectivity index (χ0) is 19.1. The van der Waals surface area contributed by atoms with E-state index >= 15 is 0 Å². The zero-order valence-corrected chi connectivity index (χ0v) is 16.6. The Hall–Kier alpha value is -2.97. The summed E-state index contributed by atoms with van der Waals surface area (Å²) in [6.45, 7) is 0. The summed E-state index contributed by atoms with van der Waals surface area (Å²) in [7, 11) is 1.72. The highest BCUT2D eigenvalue weighted by Gasteiger charge is 2.15. The number of aryl methyl sites for hydroxylation is 1. The first-order valence-corrected chi connectivity index (χ1v) is 10.5. The van der Waals surface area contributed by atoms with Gasteiger partial charge in [0, 0.05) is 18.0 Å². The lowest BCUT2D eigenvalue weighted by Crippen LogP contribution is -2.20. The second kappa shape index (κ2) is 6.88.